The zero-order valence-electron chi connectivity index (χ0n) is 16.1. The SMILES string of the molecule is CCCC[C@H](NC(C)=O)C(=O)N1CCC[C@H]1c1ncc(-c2ccccc2)[nH]1. The molecular weight excluding hydrogens is 340 g/mol. The van der Waals surface area contributed by atoms with E-state index in [1.165, 1.54) is 6.92 Å². The third kappa shape index (κ3) is 4.56. The summed E-state index contributed by atoms with van der Waals surface area (Å²) in [6, 6.07) is 9.52. The van der Waals surface area contributed by atoms with E-state index < -0.39 is 6.04 Å². The number of aromatic nitrogens is 2. The highest BCUT2D eigenvalue weighted by Gasteiger charge is 2.35. The molecule has 0 spiro atoms. The van der Waals surface area contributed by atoms with Crippen molar-refractivity contribution < 1.29 is 9.59 Å². The Hall–Kier alpha value is -2.63. The second-order valence-corrected chi connectivity index (χ2v) is 7.13. The average Bonchev–Trinajstić information content (AvgIpc) is 3.34. The Morgan fingerprint density at radius 3 is 2.81 bits per heavy atom. The van der Waals surface area contributed by atoms with Gasteiger partial charge >= 0.3 is 0 Å². The van der Waals surface area contributed by atoms with E-state index in [0.717, 1.165) is 42.8 Å². The van der Waals surface area contributed by atoms with Crippen molar-refractivity contribution in [2.45, 2.75) is 58.0 Å². The summed E-state index contributed by atoms with van der Waals surface area (Å²) in [6.45, 7) is 4.25. The molecule has 1 aliphatic heterocycles. The average molecular weight is 368 g/mol. The molecule has 1 saturated heterocycles. The third-order valence-electron chi connectivity index (χ3n) is 5.05. The van der Waals surface area contributed by atoms with Crippen LogP contribution in [0, 0.1) is 0 Å². The number of hydrogen-bond donors (Lipinski definition) is 2. The first-order chi connectivity index (χ1) is 13.1. The van der Waals surface area contributed by atoms with Crippen molar-refractivity contribution in [3.8, 4) is 11.3 Å². The highest BCUT2D eigenvalue weighted by Crippen LogP contribution is 2.32. The Balaban J connectivity index is 1.77. The predicted octanol–water partition coefficient (Wildman–Crippen LogP) is 3.44. The Bertz CT molecular complexity index is 771. The monoisotopic (exact) mass is 368 g/mol. The molecule has 2 atom stereocenters. The first kappa shape index (κ1) is 19.1. The van der Waals surface area contributed by atoms with Gasteiger partial charge in [-0.15, -0.1) is 0 Å². The molecule has 6 nitrogen and oxygen atoms in total. The van der Waals surface area contributed by atoms with Gasteiger partial charge in [0.2, 0.25) is 11.8 Å². The minimum absolute atomic E-state index is 0.00110. The van der Waals surface area contributed by atoms with Crippen LogP contribution in [-0.2, 0) is 9.59 Å². The van der Waals surface area contributed by atoms with Crippen LogP contribution >= 0.6 is 0 Å². The lowest BCUT2D eigenvalue weighted by atomic mass is 10.1. The van der Waals surface area contributed by atoms with E-state index in [0.29, 0.717) is 13.0 Å². The molecule has 0 radical (unpaired) electrons. The van der Waals surface area contributed by atoms with Crippen LogP contribution in [0.15, 0.2) is 36.5 Å². The summed E-state index contributed by atoms with van der Waals surface area (Å²) in [5.74, 6) is 0.653. The van der Waals surface area contributed by atoms with E-state index in [1.807, 2.05) is 41.4 Å². The van der Waals surface area contributed by atoms with Crippen LogP contribution in [0.3, 0.4) is 0 Å². The van der Waals surface area contributed by atoms with E-state index in [2.05, 4.69) is 22.2 Å². The lowest BCUT2D eigenvalue weighted by Gasteiger charge is -2.28. The molecule has 2 N–H and O–H groups in total. The molecule has 1 aromatic carbocycles. The van der Waals surface area contributed by atoms with Crippen molar-refractivity contribution in [1.29, 1.82) is 0 Å². The quantitative estimate of drug-likeness (QED) is 0.786. The molecular formula is C21H28N4O2. The maximum absolute atomic E-state index is 13.1. The van der Waals surface area contributed by atoms with Crippen molar-refractivity contribution in [2.75, 3.05) is 6.54 Å². The summed E-state index contributed by atoms with van der Waals surface area (Å²) in [5.41, 5.74) is 2.03. The molecule has 1 aromatic heterocycles. The summed E-state index contributed by atoms with van der Waals surface area (Å²) in [4.78, 5) is 34.5. The van der Waals surface area contributed by atoms with Crippen LogP contribution in [-0.4, -0.2) is 39.3 Å². The molecule has 2 heterocycles. The lowest BCUT2D eigenvalue weighted by Crippen LogP contribution is -2.47. The van der Waals surface area contributed by atoms with Crippen molar-refractivity contribution in [1.82, 2.24) is 20.2 Å². The van der Waals surface area contributed by atoms with Gasteiger partial charge in [-0.1, -0.05) is 50.1 Å². The van der Waals surface area contributed by atoms with Gasteiger partial charge in [0, 0.05) is 13.5 Å². The Kier molecular flexibility index (Phi) is 6.27. The van der Waals surface area contributed by atoms with E-state index >= 15 is 0 Å². The number of hydrogen-bond acceptors (Lipinski definition) is 3. The number of carbonyl (C=O) groups is 2. The number of rotatable bonds is 7. The maximum atomic E-state index is 13.1. The standard InChI is InChI=1S/C21H28N4O2/c1-3-4-11-17(23-15(2)26)21(27)25-13-8-12-19(25)20-22-14-18(24-20)16-9-6-5-7-10-16/h5-7,9-10,14,17,19H,3-4,8,11-13H2,1-2H3,(H,22,24)(H,23,26)/t17-,19-/m0/s1. The van der Waals surface area contributed by atoms with Gasteiger partial charge in [0.1, 0.15) is 11.9 Å². The lowest BCUT2D eigenvalue weighted by molar-refractivity contribution is -0.137. The fourth-order valence-electron chi connectivity index (χ4n) is 3.70. The van der Waals surface area contributed by atoms with Gasteiger partial charge in [0.05, 0.1) is 17.9 Å². The normalized spacial score (nSPS) is 17.7. The molecule has 27 heavy (non-hydrogen) atoms. The zero-order valence-corrected chi connectivity index (χ0v) is 16.1. The molecule has 0 saturated carbocycles. The van der Waals surface area contributed by atoms with Crippen LogP contribution in [0.1, 0.15) is 57.8 Å². The molecule has 0 unspecified atom stereocenters. The van der Waals surface area contributed by atoms with Crippen molar-refractivity contribution >= 4 is 11.8 Å². The highest BCUT2D eigenvalue weighted by atomic mass is 16.2. The topological polar surface area (TPSA) is 78.1 Å². The van der Waals surface area contributed by atoms with E-state index in [9.17, 15) is 9.59 Å². The van der Waals surface area contributed by atoms with Gasteiger partial charge in [-0.05, 0) is 24.8 Å². The minimum atomic E-state index is -0.452. The number of unbranched alkanes of at least 4 members (excludes halogenated alkanes) is 1. The number of imidazole rings is 1. The fraction of sp³-hybridized carbons (Fsp3) is 0.476. The predicted molar refractivity (Wildman–Crippen MR) is 105 cm³/mol. The molecule has 0 aliphatic carbocycles. The fourth-order valence-corrected chi connectivity index (χ4v) is 3.70. The van der Waals surface area contributed by atoms with Crippen molar-refractivity contribution in [3.63, 3.8) is 0 Å². The first-order valence-electron chi connectivity index (χ1n) is 9.78. The van der Waals surface area contributed by atoms with Crippen LogP contribution < -0.4 is 5.32 Å². The minimum Gasteiger partial charge on any atom is -0.345 e. The van der Waals surface area contributed by atoms with Crippen LogP contribution in [0.25, 0.3) is 11.3 Å². The molecule has 2 amide bonds. The highest BCUT2D eigenvalue weighted by molar-refractivity contribution is 5.87. The summed E-state index contributed by atoms with van der Waals surface area (Å²) >= 11 is 0. The van der Waals surface area contributed by atoms with Gasteiger partial charge in [-0.2, -0.15) is 0 Å². The zero-order chi connectivity index (χ0) is 19.2. The molecule has 144 valence electrons. The van der Waals surface area contributed by atoms with Crippen LogP contribution in [0.2, 0.25) is 0 Å². The molecule has 1 fully saturated rings. The van der Waals surface area contributed by atoms with Gasteiger partial charge in [0.25, 0.3) is 0 Å². The Morgan fingerprint density at radius 2 is 2.11 bits per heavy atom. The third-order valence-corrected chi connectivity index (χ3v) is 5.05. The number of H-pyrrole nitrogens is 1. The van der Waals surface area contributed by atoms with Gasteiger partial charge in [-0.25, -0.2) is 4.98 Å². The van der Waals surface area contributed by atoms with Crippen molar-refractivity contribution in [3.05, 3.63) is 42.4 Å². The molecule has 3 rings (SSSR count). The van der Waals surface area contributed by atoms with Crippen molar-refractivity contribution in [2.24, 2.45) is 0 Å². The summed E-state index contributed by atoms with van der Waals surface area (Å²) in [7, 11) is 0. The van der Waals surface area contributed by atoms with E-state index in [-0.39, 0.29) is 17.9 Å². The largest absolute Gasteiger partial charge is 0.345 e. The number of likely N-dealkylation sites (tertiary alicyclic amines) is 1. The Morgan fingerprint density at radius 1 is 1.33 bits per heavy atom. The van der Waals surface area contributed by atoms with Gasteiger partial charge in [0.15, 0.2) is 0 Å². The van der Waals surface area contributed by atoms with E-state index in [1.54, 1.807) is 0 Å². The molecule has 0 bridgehead atoms. The maximum Gasteiger partial charge on any atom is 0.245 e. The summed E-state index contributed by atoms with van der Waals surface area (Å²) in [5, 5.41) is 2.83. The number of nitrogens with one attached hydrogen (secondary N) is 2. The van der Waals surface area contributed by atoms with Gasteiger partial charge < -0.3 is 15.2 Å². The van der Waals surface area contributed by atoms with E-state index in [4.69, 9.17) is 0 Å². The number of aromatic amines is 1. The number of benzene rings is 1. The van der Waals surface area contributed by atoms with Crippen LogP contribution in [0.4, 0.5) is 0 Å². The Labute approximate surface area is 160 Å². The summed E-state index contributed by atoms with van der Waals surface area (Å²) < 4.78 is 0. The number of nitrogens with zero attached hydrogens (tertiary/aromatic N) is 2. The first-order valence-corrected chi connectivity index (χ1v) is 9.78. The summed E-state index contributed by atoms with van der Waals surface area (Å²) in [6.07, 6.45) is 6.23. The molecule has 2 aromatic rings. The number of carbonyl (C=O) groups excluding carboxylic acids is 2. The smallest absolute Gasteiger partial charge is 0.245 e. The van der Waals surface area contributed by atoms with Gasteiger partial charge in [-0.3, -0.25) is 9.59 Å². The second kappa shape index (κ2) is 8.84. The molecule has 1 aliphatic rings. The number of amides is 2. The second-order valence-electron chi connectivity index (χ2n) is 7.13. The molecule has 6 heteroatoms. The van der Waals surface area contributed by atoms with Crippen LogP contribution in [0.5, 0.6) is 0 Å².